The van der Waals surface area contributed by atoms with Crippen molar-refractivity contribution in [1.29, 1.82) is 0 Å². The van der Waals surface area contributed by atoms with E-state index in [0.29, 0.717) is 36.5 Å². The Bertz CT molecular complexity index is 466. The summed E-state index contributed by atoms with van der Waals surface area (Å²) < 4.78 is 23.8. The fourth-order valence-corrected chi connectivity index (χ4v) is 1.80. The largest absolute Gasteiger partial charge is 0.493 e. The van der Waals surface area contributed by atoms with E-state index in [1.54, 1.807) is 19.1 Å². The van der Waals surface area contributed by atoms with E-state index in [2.05, 4.69) is 0 Å². The number of hydrogen-bond acceptors (Lipinski definition) is 3. The lowest BCUT2D eigenvalue weighted by Crippen LogP contribution is -2.11. The molecule has 1 aromatic carbocycles. The topological polar surface area (TPSA) is 35.5 Å². The van der Waals surface area contributed by atoms with E-state index in [1.165, 1.54) is 12.1 Å². The summed E-state index contributed by atoms with van der Waals surface area (Å²) in [7, 11) is 0. The molecule has 1 heterocycles. The van der Waals surface area contributed by atoms with Crippen LogP contribution in [0.15, 0.2) is 24.3 Å². The minimum absolute atomic E-state index is 0.309. The zero-order chi connectivity index (χ0) is 12.3. The quantitative estimate of drug-likeness (QED) is 0.584. The minimum Gasteiger partial charge on any atom is -0.493 e. The van der Waals surface area contributed by atoms with Crippen LogP contribution in [-0.4, -0.2) is 19.2 Å². The lowest BCUT2D eigenvalue weighted by Gasteiger charge is -2.20. The zero-order valence-electron chi connectivity index (χ0n) is 9.53. The standard InChI is InChI=1S/C13H13FO3/c1-2-16-12(15)8-9-6-7-17-11-5-3-4-10(14)13(9)11/h3-5,8H,2,6-7H2,1H3. The highest BCUT2D eigenvalue weighted by Crippen LogP contribution is 2.34. The van der Waals surface area contributed by atoms with Crippen LogP contribution in [0, 0.1) is 5.82 Å². The third kappa shape index (κ3) is 2.46. The maximum atomic E-state index is 13.7. The molecule has 0 atom stereocenters. The van der Waals surface area contributed by atoms with Gasteiger partial charge in [-0.1, -0.05) is 6.07 Å². The number of rotatable bonds is 2. The molecular weight excluding hydrogens is 223 g/mol. The molecule has 1 aliphatic heterocycles. The van der Waals surface area contributed by atoms with Crippen molar-refractivity contribution >= 4 is 11.5 Å². The van der Waals surface area contributed by atoms with Crippen molar-refractivity contribution < 1.29 is 18.7 Å². The highest BCUT2D eigenvalue weighted by atomic mass is 19.1. The predicted molar refractivity (Wildman–Crippen MR) is 61.1 cm³/mol. The fraction of sp³-hybridized carbons (Fsp3) is 0.308. The molecule has 0 aliphatic carbocycles. The Morgan fingerprint density at radius 2 is 2.41 bits per heavy atom. The number of benzene rings is 1. The highest BCUT2D eigenvalue weighted by Gasteiger charge is 2.20. The number of halogens is 1. The van der Waals surface area contributed by atoms with Crippen LogP contribution in [0.1, 0.15) is 18.9 Å². The van der Waals surface area contributed by atoms with E-state index in [0.717, 1.165) is 0 Å². The van der Waals surface area contributed by atoms with E-state index in [-0.39, 0.29) is 5.82 Å². The van der Waals surface area contributed by atoms with Gasteiger partial charge in [-0.15, -0.1) is 0 Å². The van der Waals surface area contributed by atoms with Crippen molar-refractivity contribution in [3.8, 4) is 5.75 Å². The number of fused-ring (bicyclic) bond motifs is 1. The van der Waals surface area contributed by atoms with Gasteiger partial charge in [0, 0.05) is 12.5 Å². The molecular formula is C13H13FO3. The Kier molecular flexibility index (Phi) is 3.42. The third-order valence-corrected chi connectivity index (χ3v) is 2.50. The first-order valence-electron chi connectivity index (χ1n) is 5.51. The summed E-state index contributed by atoms with van der Waals surface area (Å²) >= 11 is 0. The zero-order valence-corrected chi connectivity index (χ0v) is 9.53. The third-order valence-electron chi connectivity index (χ3n) is 2.50. The van der Waals surface area contributed by atoms with Crippen molar-refractivity contribution in [2.75, 3.05) is 13.2 Å². The molecule has 3 nitrogen and oxygen atoms in total. The molecule has 0 unspecified atom stereocenters. The van der Waals surface area contributed by atoms with Crippen LogP contribution in [-0.2, 0) is 9.53 Å². The highest BCUT2D eigenvalue weighted by molar-refractivity contribution is 5.92. The molecule has 2 rings (SSSR count). The first-order chi connectivity index (χ1) is 8.22. The van der Waals surface area contributed by atoms with Gasteiger partial charge in [0.1, 0.15) is 11.6 Å². The van der Waals surface area contributed by atoms with Gasteiger partial charge in [0.15, 0.2) is 0 Å². The molecule has 4 heteroatoms. The van der Waals surface area contributed by atoms with Crippen molar-refractivity contribution in [2.24, 2.45) is 0 Å². The molecule has 0 aromatic heterocycles. The normalized spacial score (nSPS) is 16.2. The van der Waals surface area contributed by atoms with Crippen LogP contribution in [0.25, 0.3) is 5.57 Å². The molecule has 17 heavy (non-hydrogen) atoms. The summed E-state index contributed by atoms with van der Waals surface area (Å²) in [5.41, 5.74) is 0.995. The van der Waals surface area contributed by atoms with Gasteiger partial charge >= 0.3 is 5.97 Å². The average Bonchev–Trinajstić information content (AvgIpc) is 2.29. The van der Waals surface area contributed by atoms with Crippen molar-refractivity contribution in [2.45, 2.75) is 13.3 Å². The molecule has 0 saturated carbocycles. The Morgan fingerprint density at radius 1 is 1.59 bits per heavy atom. The second kappa shape index (κ2) is 4.99. The number of carbonyl (C=O) groups is 1. The van der Waals surface area contributed by atoms with Crippen molar-refractivity contribution in [1.82, 2.24) is 0 Å². The summed E-state index contributed by atoms with van der Waals surface area (Å²) in [6, 6.07) is 4.63. The molecule has 0 spiro atoms. The second-order valence-electron chi connectivity index (χ2n) is 3.63. The first-order valence-corrected chi connectivity index (χ1v) is 5.51. The van der Waals surface area contributed by atoms with Gasteiger partial charge in [-0.3, -0.25) is 0 Å². The van der Waals surface area contributed by atoms with E-state index in [1.807, 2.05) is 0 Å². The van der Waals surface area contributed by atoms with Gasteiger partial charge < -0.3 is 9.47 Å². The smallest absolute Gasteiger partial charge is 0.331 e. The fourth-order valence-electron chi connectivity index (χ4n) is 1.80. The maximum absolute atomic E-state index is 13.7. The van der Waals surface area contributed by atoms with Crippen LogP contribution in [0.3, 0.4) is 0 Å². The number of ether oxygens (including phenoxy) is 2. The molecule has 1 aliphatic rings. The second-order valence-corrected chi connectivity index (χ2v) is 3.63. The summed E-state index contributed by atoms with van der Waals surface area (Å²) in [4.78, 5) is 11.4. The van der Waals surface area contributed by atoms with Gasteiger partial charge in [0.25, 0.3) is 0 Å². The van der Waals surface area contributed by atoms with Crippen LogP contribution >= 0.6 is 0 Å². The Labute approximate surface area is 98.8 Å². The number of hydrogen-bond donors (Lipinski definition) is 0. The summed E-state index contributed by atoms with van der Waals surface area (Å²) in [6.07, 6.45) is 1.85. The lowest BCUT2D eigenvalue weighted by atomic mass is 9.99. The van der Waals surface area contributed by atoms with Gasteiger partial charge in [0.05, 0.1) is 18.8 Å². The SMILES string of the molecule is CCOC(=O)C=C1CCOc2cccc(F)c21. The van der Waals surface area contributed by atoms with Crippen LogP contribution in [0.2, 0.25) is 0 Å². The Morgan fingerprint density at radius 3 is 3.18 bits per heavy atom. The summed E-state index contributed by atoms with van der Waals surface area (Å²) in [6.45, 7) is 2.49. The van der Waals surface area contributed by atoms with Gasteiger partial charge in [-0.2, -0.15) is 0 Å². The van der Waals surface area contributed by atoms with Crippen LogP contribution in [0.5, 0.6) is 5.75 Å². The number of carbonyl (C=O) groups excluding carboxylic acids is 1. The molecule has 0 N–H and O–H groups in total. The number of esters is 1. The summed E-state index contributed by atoms with van der Waals surface area (Å²) in [5.74, 6) is -0.344. The van der Waals surface area contributed by atoms with E-state index in [4.69, 9.17) is 9.47 Å². The van der Waals surface area contributed by atoms with E-state index in [9.17, 15) is 9.18 Å². The van der Waals surface area contributed by atoms with Crippen molar-refractivity contribution in [3.63, 3.8) is 0 Å². The summed E-state index contributed by atoms with van der Waals surface area (Å²) in [5, 5.41) is 0. The van der Waals surface area contributed by atoms with Gasteiger partial charge in [-0.05, 0) is 24.6 Å². The Balaban J connectivity index is 2.37. The predicted octanol–water partition coefficient (Wildman–Crippen LogP) is 2.55. The molecule has 0 saturated heterocycles. The lowest BCUT2D eigenvalue weighted by molar-refractivity contribution is -0.137. The van der Waals surface area contributed by atoms with E-state index >= 15 is 0 Å². The molecule has 0 amide bonds. The molecule has 1 aromatic rings. The molecule has 90 valence electrons. The molecule has 0 radical (unpaired) electrons. The van der Waals surface area contributed by atoms with Gasteiger partial charge in [0.2, 0.25) is 0 Å². The monoisotopic (exact) mass is 236 g/mol. The average molecular weight is 236 g/mol. The van der Waals surface area contributed by atoms with Crippen LogP contribution in [0.4, 0.5) is 4.39 Å². The minimum atomic E-state index is -0.446. The van der Waals surface area contributed by atoms with Gasteiger partial charge in [-0.25, -0.2) is 9.18 Å². The maximum Gasteiger partial charge on any atom is 0.331 e. The van der Waals surface area contributed by atoms with Crippen LogP contribution < -0.4 is 4.74 Å². The van der Waals surface area contributed by atoms with E-state index < -0.39 is 5.97 Å². The molecule has 0 fully saturated rings. The first kappa shape index (κ1) is 11.6. The molecule has 0 bridgehead atoms. The van der Waals surface area contributed by atoms with Crippen molar-refractivity contribution in [3.05, 3.63) is 35.7 Å². The Hall–Kier alpha value is -1.84.